The van der Waals surface area contributed by atoms with E-state index in [0.29, 0.717) is 17.2 Å². The van der Waals surface area contributed by atoms with Crippen LogP contribution < -0.4 is 15.4 Å². The van der Waals surface area contributed by atoms with Gasteiger partial charge in [-0.15, -0.1) is 0 Å². The number of rotatable bonds is 12. The number of ether oxygens (including phenoxy) is 1. The summed E-state index contributed by atoms with van der Waals surface area (Å²) < 4.78 is 5.12. The van der Waals surface area contributed by atoms with Crippen molar-refractivity contribution in [1.82, 2.24) is 0 Å². The number of unbranched alkanes of at least 4 members (excludes halogenated alkanes) is 5. The molecule has 1 saturated carbocycles. The van der Waals surface area contributed by atoms with Crippen LogP contribution in [0.3, 0.4) is 0 Å². The van der Waals surface area contributed by atoms with E-state index in [2.05, 4.69) is 17.6 Å². The number of hydrogen-bond acceptors (Lipinski definition) is 3. The third kappa shape index (κ3) is 7.12. The zero-order valence-corrected chi connectivity index (χ0v) is 18.7. The van der Waals surface area contributed by atoms with Gasteiger partial charge < -0.3 is 15.4 Å². The van der Waals surface area contributed by atoms with Crippen LogP contribution in [-0.2, 0) is 4.79 Å². The van der Waals surface area contributed by atoms with Crippen LogP contribution in [0.5, 0.6) is 5.75 Å². The van der Waals surface area contributed by atoms with E-state index in [9.17, 15) is 9.59 Å². The Bertz CT molecular complexity index is 846. The topological polar surface area (TPSA) is 67.4 Å². The maximum Gasteiger partial charge on any atom is 0.255 e. The molecular formula is C26H34N2O3. The molecule has 2 aromatic carbocycles. The second-order valence-corrected chi connectivity index (χ2v) is 8.41. The minimum Gasteiger partial charge on any atom is -0.497 e. The average Bonchev–Trinajstić information content (AvgIpc) is 3.57. The lowest BCUT2D eigenvalue weighted by Crippen LogP contribution is -2.15. The summed E-state index contributed by atoms with van der Waals surface area (Å²) in [6.45, 7) is 2.23. The summed E-state index contributed by atoms with van der Waals surface area (Å²) >= 11 is 0. The van der Waals surface area contributed by atoms with Crippen LogP contribution in [0, 0.1) is 11.8 Å². The summed E-state index contributed by atoms with van der Waals surface area (Å²) in [4.78, 5) is 24.9. The van der Waals surface area contributed by atoms with Crippen LogP contribution in [0.2, 0.25) is 0 Å². The normalized spacial score (nSPS) is 17.1. The number of nitrogens with one attached hydrogen (secondary N) is 2. The third-order valence-electron chi connectivity index (χ3n) is 5.95. The van der Waals surface area contributed by atoms with Gasteiger partial charge in [-0.2, -0.15) is 0 Å². The second-order valence-electron chi connectivity index (χ2n) is 8.41. The van der Waals surface area contributed by atoms with Crippen molar-refractivity contribution in [2.24, 2.45) is 11.8 Å². The maximum atomic E-state index is 12.5. The van der Waals surface area contributed by atoms with Crippen molar-refractivity contribution in [3.8, 4) is 5.75 Å². The van der Waals surface area contributed by atoms with Crippen molar-refractivity contribution in [1.29, 1.82) is 0 Å². The van der Waals surface area contributed by atoms with Gasteiger partial charge in [0.1, 0.15) is 5.75 Å². The van der Waals surface area contributed by atoms with E-state index in [1.54, 1.807) is 55.6 Å². The van der Waals surface area contributed by atoms with Gasteiger partial charge in [0, 0.05) is 22.9 Å². The van der Waals surface area contributed by atoms with Crippen molar-refractivity contribution in [3.05, 3.63) is 54.1 Å². The van der Waals surface area contributed by atoms with E-state index in [1.807, 2.05) is 0 Å². The molecule has 0 radical (unpaired) electrons. The molecule has 166 valence electrons. The van der Waals surface area contributed by atoms with Crippen molar-refractivity contribution in [2.45, 2.75) is 58.3 Å². The van der Waals surface area contributed by atoms with Gasteiger partial charge in [-0.3, -0.25) is 9.59 Å². The molecule has 2 amide bonds. The lowest BCUT2D eigenvalue weighted by Gasteiger charge is -2.08. The summed E-state index contributed by atoms with van der Waals surface area (Å²) in [6.07, 6.45) is 9.93. The van der Waals surface area contributed by atoms with Crippen LogP contribution in [0.4, 0.5) is 11.4 Å². The second kappa shape index (κ2) is 11.5. The largest absolute Gasteiger partial charge is 0.497 e. The highest BCUT2D eigenvalue weighted by atomic mass is 16.5. The van der Waals surface area contributed by atoms with Crippen LogP contribution in [0.15, 0.2) is 48.5 Å². The van der Waals surface area contributed by atoms with Gasteiger partial charge in [0.25, 0.3) is 5.91 Å². The lowest BCUT2D eigenvalue weighted by molar-refractivity contribution is -0.117. The number of methoxy groups -OCH3 is 1. The molecule has 3 rings (SSSR count). The fraction of sp³-hybridized carbons (Fsp3) is 0.462. The summed E-state index contributed by atoms with van der Waals surface area (Å²) in [7, 11) is 1.60. The van der Waals surface area contributed by atoms with Gasteiger partial charge in [-0.1, -0.05) is 45.4 Å². The van der Waals surface area contributed by atoms with E-state index in [-0.39, 0.29) is 17.7 Å². The van der Waals surface area contributed by atoms with E-state index in [4.69, 9.17) is 4.74 Å². The highest BCUT2D eigenvalue weighted by molar-refractivity contribution is 6.04. The third-order valence-corrected chi connectivity index (χ3v) is 5.95. The summed E-state index contributed by atoms with van der Waals surface area (Å²) in [5, 5.41) is 5.85. The molecule has 0 saturated heterocycles. The minimum absolute atomic E-state index is 0.103. The molecule has 5 heteroatoms. The Balaban J connectivity index is 1.40. The van der Waals surface area contributed by atoms with Gasteiger partial charge in [0.05, 0.1) is 7.11 Å². The molecule has 0 bridgehead atoms. The first-order valence-corrected chi connectivity index (χ1v) is 11.5. The fourth-order valence-electron chi connectivity index (χ4n) is 3.89. The molecule has 1 fully saturated rings. The molecule has 0 aromatic heterocycles. The van der Waals surface area contributed by atoms with E-state index < -0.39 is 0 Å². The number of amides is 2. The average molecular weight is 423 g/mol. The number of carbonyl (C=O) groups excluding carboxylic acids is 2. The van der Waals surface area contributed by atoms with Crippen LogP contribution in [0.1, 0.15) is 68.6 Å². The predicted octanol–water partition coefficient (Wildman–Crippen LogP) is 6.27. The molecule has 5 nitrogen and oxygen atoms in total. The first-order valence-electron chi connectivity index (χ1n) is 11.5. The quantitative estimate of drug-likeness (QED) is 0.396. The van der Waals surface area contributed by atoms with Crippen LogP contribution in [0.25, 0.3) is 0 Å². The Morgan fingerprint density at radius 1 is 0.871 bits per heavy atom. The Morgan fingerprint density at radius 3 is 2.16 bits per heavy atom. The van der Waals surface area contributed by atoms with E-state index in [1.165, 1.54) is 38.5 Å². The van der Waals surface area contributed by atoms with Crippen molar-refractivity contribution < 1.29 is 14.3 Å². The van der Waals surface area contributed by atoms with Crippen LogP contribution >= 0.6 is 0 Å². The van der Waals surface area contributed by atoms with Gasteiger partial charge >= 0.3 is 0 Å². The van der Waals surface area contributed by atoms with Crippen LogP contribution in [-0.4, -0.2) is 18.9 Å². The molecule has 2 aromatic rings. The summed E-state index contributed by atoms with van der Waals surface area (Å²) in [6, 6.07) is 14.2. The zero-order valence-electron chi connectivity index (χ0n) is 18.7. The molecule has 2 atom stereocenters. The number of hydrogen-bond donors (Lipinski definition) is 2. The Morgan fingerprint density at radius 2 is 1.48 bits per heavy atom. The maximum absolute atomic E-state index is 12.5. The van der Waals surface area contributed by atoms with E-state index in [0.717, 1.165) is 24.3 Å². The molecule has 0 heterocycles. The van der Waals surface area contributed by atoms with Gasteiger partial charge in [-0.25, -0.2) is 0 Å². The first-order chi connectivity index (χ1) is 15.1. The highest BCUT2D eigenvalue weighted by Crippen LogP contribution is 2.43. The minimum atomic E-state index is -0.191. The molecule has 2 unspecified atom stereocenters. The summed E-state index contributed by atoms with van der Waals surface area (Å²) in [5.41, 5.74) is 1.98. The molecule has 1 aliphatic carbocycles. The molecule has 1 aliphatic rings. The fourth-order valence-corrected chi connectivity index (χ4v) is 3.89. The summed E-state index contributed by atoms with van der Waals surface area (Å²) in [5.74, 6) is 1.34. The standard InChI is InChI=1S/C26H34N2O3/c1-3-4-5-6-7-8-9-20-18-24(20)26(30)28-21-12-10-19(11-13-21)25(29)27-22-14-16-23(31-2)17-15-22/h10-17,20,24H,3-9,18H2,1-2H3,(H,27,29)(H,28,30). The molecule has 0 aliphatic heterocycles. The highest BCUT2D eigenvalue weighted by Gasteiger charge is 2.42. The molecular weight excluding hydrogens is 388 g/mol. The van der Waals surface area contributed by atoms with Gasteiger partial charge in [0.2, 0.25) is 5.91 Å². The number of carbonyl (C=O) groups is 2. The molecule has 2 N–H and O–H groups in total. The number of benzene rings is 2. The molecule has 0 spiro atoms. The number of anilines is 2. The zero-order chi connectivity index (χ0) is 22.1. The Labute approximate surface area is 185 Å². The molecule has 31 heavy (non-hydrogen) atoms. The van der Waals surface area contributed by atoms with Crippen molar-refractivity contribution in [3.63, 3.8) is 0 Å². The van der Waals surface area contributed by atoms with Crippen molar-refractivity contribution in [2.75, 3.05) is 17.7 Å². The predicted molar refractivity (Wildman–Crippen MR) is 126 cm³/mol. The Hall–Kier alpha value is -2.82. The first kappa shape index (κ1) is 22.9. The monoisotopic (exact) mass is 422 g/mol. The van der Waals surface area contributed by atoms with Gasteiger partial charge in [0.15, 0.2) is 0 Å². The smallest absolute Gasteiger partial charge is 0.255 e. The van der Waals surface area contributed by atoms with E-state index >= 15 is 0 Å². The Kier molecular flexibility index (Phi) is 8.51. The van der Waals surface area contributed by atoms with Crippen molar-refractivity contribution >= 4 is 23.2 Å². The lowest BCUT2D eigenvalue weighted by atomic mass is 10.1. The SMILES string of the molecule is CCCCCCCCC1CC1C(=O)Nc1ccc(C(=O)Nc2ccc(OC)cc2)cc1. The van der Waals surface area contributed by atoms with Gasteiger partial charge in [-0.05, 0) is 67.3 Å².